The fraction of sp³-hybridized carbons (Fsp3) is 0.273. The summed E-state index contributed by atoms with van der Waals surface area (Å²) in [7, 11) is 1.79. The molecule has 7 heteroatoms. The molecule has 0 atom stereocenters. The highest BCUT2D eigenvalue weighted by Crippen LogP contribution is 2.23. The number of hydrogen-bond acceptors (Lipinski definition) is 5. The molecule has 1 aliphatic heterocycles. The molecule has 0 bridgehead atoms. The van der Waals surface area contributed by atoms with E-state index in [1.807, 2.05) is 41.3 Å². The summed E-state index contributed by atoms with van der Waals surface area (Å²) >= 11 is 0. The zero-order chi connectivity index (χ0) is 20.2. The van der Waals surface area contributed by atoms with E-state index in [4.69, 9.17) is 10.00 Å². The van der Waals surface area contributed by atoms with Crippen LogP contribution in [0.5, 0.6) is 5.88 Å². The molecule has 29 heavy (non-hydrogen) atoms. The summed E-state index contributed by atoms with van der Waals surface area (Å²) in [4.78, 5) is 19.0. The SMILES string of the molecule is Cn1nc(-c2ccccc2)cc1C(=O)N1CCC(Oc2ncccc2C#N)CC1. The summed E-state index contributed by atoms with van der Waals surface area (Å²) in [5, 5.41) is 13.7. The Morgan fingerprint density at radius 2 is 1.93 bits per heavy atom. The number of carbonyl (C=O) groups is 1. The Bertz CT molecular complexity index is 1050. The predicted octanol–water partition coefficient (Wildman–Crippen LogP) is 3.04. The zero-order valence-electron chi connectivity index (χ0n) is 16.2. The molecule has 0 N–H and O–H groups in total. The number of nitriles is 1. The lowest BCUT2D eigenvalue weighted by Gasteiger charge is -2.32. The molecule has 0 aliphatic carbocycles. The van der Waals surface area contributed by atoms with Gasteiger partial charge in [0.2, 0.25) is 5.88 Å². The summed E-state index contributed by atoms with van der Waals surface area (Å²) in [5.74, 6) is 0.329. The van der Waals surface area contributed by atoms with E-state index in [0.717, 1.165) is 11.3 Å². The van der Waals surface area contributed by atoms with Crippen molar-refractivity contribution < 1.29 is 9.53 Å². The standard InChI is InChI=1S/C22H21N5O2/c1-26-20(14-19(25-26)16-6-3-2-4-7-16)22(28)27-12-9-18(10-13-27)29-21-17(15-23)8-5-11-24-21/h2-8,11,14,18H,9-10,12-13H2,1H3. The van der Waals surface area contributed by atoms with Crippen molar-refractivity contribution in [3.05, 3.63) is 66.0 Å². The van der Waals surface area contributed by atoms with Gasteiger partial charge in [0.25, 0.3) is 5.91 Å². The van der Waals surface area contributed by atoms with E-state index in [0.29, 0.717) is 43.1 Å². The molecule has 3 heterocycles. The first-order valence-corrected chi connectivity index (χ1v) is 9.56. The number of benzene rings is 1. The Morgan fingerprint density at radius 3 is 2.66 bits per heavy atom. The van der Waals surface area contributed by atoms with Crippen molar-refractivity contribution in [2.45, 2.75) is 18.9 Å². The number of aromatic nitrogens is 3. The van der Waals surface area contributed by atoms with Crippen molar-refractivity contribution in [1.82, 2.24) is 19.7 Å². The molecule has 0 radical (unpaired) electrons. The number of aryl methyl sites for hydroxylation is 1. The first kappa shape index (κ1) is 18.7. The van der Waals surface area contributed by atoms with Crippen LogP contribution in [0.3, 0.4) is 0 Å². The molecule has 3 aromatic rings. The van der Waals surface area contributed by atoms with Crippen LogP contribution in [-0.2, 0) is 7.05 Å². The first-order chi connectivity index (χ1) is 14.2. The second kappa shape index (κ2) is 8.15. The number of piperidine rings is 1. The van der Waals surface area contributed by atoms with Gasteiger partial charge >= 0.3 is 0 Å². The maximum atomic E-state index is 13.0. The average molecular weight is 387 g/mol. The molecule has 1 amide bonds. The summed E-state index contributed by atoms with van der Waals surface area (Å²) in [6.45, 7) is 1.17. The fourth-order valence-electron chi connectivity index (χ4n) is 3.48. The Kier molecular flexibility index (Phi) is 5.25. The predicted molar refractivity (Wildman–Crippen MR) is 107 cm³/mol. The van der Waals surface area contributed by atoms with Crippen molar-refractivity contribution in [3.8, 4) is 23.2 Å². The largest absolute Gasteiger partial charge is 0.473 e. The number of amides is 1. The topological polar surface area (TPSA) is 84.0 Å². The highest BCUT2D eigenvalue weighted by Gasteiger charge is 2.27. The maximum absolute atomic E-state index is 13.0. The summed E-state index contributed by atoms with van der Waals surface area (Å²) < 4.78 is 7.55. The second-order valence-electron chi connectivity index (χ2n) is 6.98. The van der Waals surface area contributed by atoms with Crippen LogP contribution in [0.2, 0.25) is 0 Å². The number of ether oxygens (including phenoxy) is 1. The third kappa shape index (κ3) is 3.97. The van der Waals surface area contributed by atoms with Crippen molar-refractivity contribution in [1.29, 1.82) is 5.26 Å². The number of rotatable bonds is 4. The van der Waals surface area contributed by atoms with Gasteiger partial charge in [-0.3, -0.25) is 9.48 Å². The van der Waals surface area contributed by atoms with Crippen molar-refractivity contribution in [3.63, 3.8) is 0 Å². The van der Waals surface area contributed by atoms with Gasteiger partial charge in [0.15, 0.2) is 0 Å². The summed E-state index contributed by atoms with van der Waals surface area (Å²) in [6, 6.07) is 17.2. The molecule has 0 spiro atoms. The quantitative estimate of drug-likeness (QED) is 0.687. The molecule has 1 aliphatic rings. The molecule has 1 fully saturated rings. The van der Waals surface area contributed by atoms with E-state index < -0.39 is 0 Å². The second-order valence-corrected chi connectivity index (χ2v) is 6.98. The van der Waals surface area contributed by atoms with Crippen molar-refractivity contribution in [2.75, 3.05) is 13.1 Å². The molecule has 4 rings (SSSR count). The van der Waals surface area contributed by atoms with Gasteiger partial charge in [-0.2, -0.15) is 10.4 Å². The first-order valence-electron chi connectivity index (χ1n) is 9.56. The monoisotopic (exact) mass is 387 g/mol. The zero-order valence-corrected chi connectivity index (χ0v) is 16.2. The molecule has 1 aromatic carbocycles. The van der Waals surface area contributed by atoms with E-state index in [2.05, 4.69) is 16.2 Å². The van der Waals surface area contributed by atoms with Gasteiger partial charge in [0.05, 0.1) is 5.69 Å². The smallest absolute Gasteiger partial charge is 0.272 e. The molecule has 0 saturated carbocycles. The van der Waals surface area contributed by atoms with E-state index in [1.54, 1.807) is 30.1 Å². The van der Waals surface area contributed by atoms with Crippen LogP contribution in [0, 0.1) is 11.3 Å². The van der Waals surface area contributed by atoms with Gasteiger partial charge in [0, 0.05) is 44.7 Å². The number of pyridine rings is 1. The Hall–Kier alpha value is -3.66. The van der Waals surface area contributed by atoms with Gasteiger partial charge in [-0.1, -0.05) is 30.3 Å². The number of hydrogen-bond donors (Lipinski definition) is 0. The van der Waals surface area contributed by atoms with Crippen LogP contribution < -0.4 is 4.74 Å². The minimum atomic E-state index is -0.0625. The van der Waals surface area contributed by atoms with Gasteiger partial charge in [-0.05, 0) is 18.2 Å². The lowest BCUT2D eigenvalue weighted by atomic mass is 10.1. The number of nitrogens with zero attached hydrogens (tertiary/aromatic N) is 5. The Labute approximate surface area is 169 Å². The van der Waals surface area contributed by atoms with E-state index in [9.17, 15) is 4.79 Å². The van der Waals surface area contributed by atoms with E-state index >= 15 is 0 Å². The molecule has 2 aromatic heterocycles. The van der Waals surface area contributed by atoms with Crippen molar-refractivity contribution >= 4 is 5.91 Å². The lowest BCUT2D eigenvalue weighted by molar-refractivity contribution is 0.0577. The van der Waals surface area contributed by atoms with E-state index in [1.165, 1.54) is 0 Å². The maximum Gasteiger partial charge on any atom is 0.272 e. The normalized spacial score (nSPS) is 14.4. The van der Waals surface area contributed by atoms with Gasteiger partial charge in [-0.15, -0.1) is 0 Å². The molecule has 0 unspecified atom stereocenters. The fourth-order valence-corrected chi connectivity index (χ4v) is 3.48. The molecule has 1 saturated heterocycles. The van der Waals surface area contributed by atoms with Crippen LogP contribution >= 0.6 is 0 Å². The highest BCUT2D eigenvalue weighted by molar-refractivity contribution is 5.93. The van der Waals surface area contributed by atoms with Crippen LogP contribution in [0.25, 0.3) is 11.3 Å². The minimum absolute atomic E-state index is 0.0313. The van der Waals surface area contributed by atoms with Crippen LogP contribution in [0.4, 0.5) is 0 Å². The molecule has 146 valence electrons. The number of likely N-dealkylation sites (tertiary alicyclic amines) is 1. The van der Waals surface area contributed by atoms with Crippen LogP contribution in [-0.4, -0.2) is 44.8 Å². The Morgan fingerprint density at radius 1 is 1.17 bits per heavy atom. The highest BCUT2D eigenvalue weighted by atomic mass is 16.5. The van der Waals surface area contributed by atoms with E-state index in [-0.39, 0.29) is 12.0 Å². The molecular weight excluding hydrogens is 366 g/mol. The van der Waals surface area contributed by atoms with Gasteiger partial charge < -0.3 is 9.64 Å². The lowest BCUT2D eigenvalue weighted by Crippen LogP contribution is -2.42. The third-order valence-electron chi connectivity index (χ3n) is 5.07. The van der Waals surface area contributed by atoms with Gasteiger partial charge in [-0.25, -0.2) is 4.98 Å². The molecule has 7 nitrogen and oxygen atoms in total. The molecular formula is C22H21N5O2. The summed E-state index contributed by atoms with van der Waals surface area (Å²) in [6.07, 6.45) is 2.93. The average Bonchev–Trinajstić information content (AvgIpc) is 3.16. The Balaban J connectivity index is 1.41. The van der Waals surface area contributed by atoms with Gasteiger partial charge in [0.1, 0.15) is 23.4 Å². The summed E-state index contributed by atoms with van der Waals surface area (Å²) in [5.41, 5.74) is 2.76. The van der Waals surface area contributed by atoms with Crippen molar-refractivity contribution in [2.24, 2.45) is 7.05 Å². The number of carbonyl (C=O) groups excluding carboxylic acids is 1. The van der Waals surface area contributed by atoms with Crippen LogP contribution in [0.1, 0.15) is 28.9 Å². The third-order valence-corrected chi connectivity index (χ3v) is 5.07. The minimum Gasteiger partial charge on any atom is -0.473 e. The van der Waals surface area contributed by atoms with Crippen LogP contribution in [0.15, 0.2) is 54.7 Å².